The fourth-order valence-electron chi connectivity index (χ4n) is 4.29. The highest BCUT2D eigenvalue weighted by Crippen LogP contribution is 2.37. The Kier molecular flexibility index (Phi) is 9.69. The fourth-order valence-corrected chi connectivity index (χ4v) is 5.57. The summed E-state index contributed by atoms with van der Waals surface area (Å²) in [6.07, 6.45) is 0.965. The average molecular weight is 686 g/mol. The number of carbonyl (C=O) groups excluding carboxylic acids is 2. The first-order valence-electron chi connectivity index (χ1n) is 14.3. The van der Waals surface area contributed by atoms with Crippen LogP contribution in [0.4, 0.5) is 27.7 Å². The van der Waals surface area contributed by atoms with Gasteiger partial charge >= 0.3 is 6.09 Å². The quantitative estimate of drug-likeness (QED) is 0.148. The highest BCUT2D eigenvalue weighted by atomic mass is 79.9. The first-order valence-corrected chi connectivity index (χ1v) is 15.9. The molecule has 0 saturated heterocycles. The van der Waals surface area contributed by atoms with Gasteiger partial charge in [-0.25, -0.2) is 19.7 Å². The van der Waals surface area contributed by atoms with Crippen molar-refractivity contribution in [2.24, 2.45) is 0 Å². The van der Waals surface area contributed by atoms with Crippen LogP contribution < -0.4 is 16.0 Å². The predicted octanol–water partition coefficient (Wildman–Crippen LogP) is 9.40. The van der Waals surface area contributed by atoms with Gasteiger partial charge in [-0.1, -0.05) is 47.6 Å². The van der Waals surface area contributed by atoms with E-state index in [4.69, 9.17) is 9.72 Å². The van der Waals surface area contributed by atoms with Crippen molar-refractivity contribution < 1.29 is 14.3 Å². The largest absolute Gasteiger partial charge is 0.444 e. The second-order valence-electron chi connectivity index (χ2n) is 11.5. The maximum atomic E-state index is 13.3. The Morgan fingerprint density at radius 1 is 0.889 bits per heavy atom. The third kappa shape index (κ3) is 8.58. The lowest BCUT2D eigenvalue weighted by Crippen LogP contribution is -2.27. The molecule has 0 atom stereocenters. The summed E-state index contributed by atoms with van der Waals surface area (Å²) in [4.78, 5) is 40.9. The van der Waals surface area contributed by atoms with Crippen molar-refractivity contribution >= 4 is 73.6 Å². The van der Waals surface area contributed by atoms with Gasteiger partial charge in [-0.15, -0.1) is 0 Å². The molecule has 0 bridgehead atoms. The average Bonchev–Trinajstić information content (AvgIpc) is 2.98. The number of fused-ring (bicyclic) bond motifs is 1. The number of nitrogens with one attached hydrogen (secondary N) is 3. The molecule has 3 aromatic carbocycles. The summed E-state index contributed by atoms with van der Waals surface area (Å²) in [5, 5.41) is 9.91. The Bertz CT molecular complexity index is 1860. The molecule has 0 unspecified atom stereocenters. The number of ether oxygens (including phenoxy) is 1. The maximum absolute atomic E-state index is 13.3. The van der Waals surface area contributed by atoms with Gasteiger partial charge in [0.25, 0.3) is 5.91 Å². The number of aromatic nitrogens is 3. The van der Waals surface area contributed by atoms with Crippen LogP contribution in [0.1, 0.15) is 56.6 Å². The van der Waals surface area contributed by atoms with Crippen molar-refractivity contribution in [2.75, 3.05) is 16.0 Å². The topological polar surface area (TPSA) is 118 Å². The van der Waals surface area contributed by atoms with Crippen LogP contribution in [0.3, 0.4) is 0 Å². The van der Waals surface area contributed by atoms with Gasteiger partial charge in [0.15, 0.2) is 5.65 Å². The highest BCUT2D eigenvalue weighted by Gasteiger charge is 2.17. The van der Waals surface area contributed by atoms with Crippen molar-refractivity contribution in [1.29, 1.82) is 0 Å². The van der Waals surface area contributed by atoms with Crippen LogP contribution in [0.15, 0.2) is 99.5 Å². The third-order valence-electron chi connectivity index (χ3n) is 6.41. The Labute approximate surface area is 274 Å². The summed E-state index contributed by atoms with van der Waals surface area (Å²) < 4.78 is 6.22. The molecular formula is C34H33BrN6O3S. The van der Waals surface area contributed by atoms with Gasteiger partial charge in [0, 0.05) is 36.9 Å². The van der Waals surface area contributed by atoms with E-state index in [9.17, 15) is 9.59 Å². The Hall–Kier alpha value is -4.48. The molecule has 3 N–H and O–H groups in total. The van der Waals surface area contributed by atoms with Crippen LogP contribution >= 0.6 is 27.7 Å². The summed E-state index contributed by atoms with van der Waals surface area (Å²) in [7, 11) is 0. The smallest absolute Gasteiger partial charge is 0.412 e. The summed E-state index contributed by atoms with van der Waals surface area (Å²) in [6.45, 7) is 9.62. The molecule has 0 saturated carbocycles. The number of halogens is 1. The van der Waals surface area contributed by atoms with Crippen LogP contribution in [0.2, 0.25) is 0 Å². The van der Waals surface area contributed by atoms with Crippen LogP contribution in [0, 0.1) is 0 Å². The number of pyridine rings is 1. The predicted molar refractivity (Wildman–Crippen MR) is 184 cm³/mol. The van der Waals surface area contributed by atoms with E-state index in [2.05, 4.69) is 55.7 Å². The number of nitrogens with zero attached hydrogens (tertiary/aromatic N) is 3. The zero-order chi connectivity index (χ0) is 32.1. The minimum absolute atomic E-state index is 0.249. The monoisotopic (exact) mass is 684 g/mol. The molecule has 0 aliphatic rings. The molecule has 0 aliphatic carbocycles. The molecule has 0 radical (unpaired) electrons. The SMILES string of the molecule is CC(C)c1ccc2c(Nc3cc(C(=O)Nc4cccc(Br)c4)ccc3Sc3ccc(NC(=O)OC(C)(C)C)cc3)ncnc2n1. The molecule has 230 valence electrons. The molecule has 11 heteroatoms. The molecule has 2 heterocycles. The number of anilines is 4. The summed E-state index contributed by atoms with van der Waals surface area (Å²) in [5.41, 5.74) is 3.39. The molecule has 2 amide bonds. The number of amides is 2. The molecule has 9 nitrogen and oxygen atoms in total. The van der Waals surface area contributed by atoms with Gasteiger partial charge in [0.1, 0.15) is 17.7 Å². The van der Waals surface area contributed by atoms with E-state index in [0.29, 0.717) is 34.1 Å². The molecule has 0 fully saturated rings. The molecule has 0 spiro atoms. The van der Waals surface area contributed by atoms with Crippen molar-refractivity contribution in [3.05, 3.63) is 101 Å². The molecular weight excluding hydrogens is 652 g/mol. The van der Waals surface area contributed by atoms with Crippen LogP contribution in [0.5, 0.6) is 0 Å². The lowest BCUT2D eigenvalue weighted by atomic mass is 10.1. The van der Waals surface area contributed by atoms with Crippen LogP contribution in [-0.4, -0.2) is 32.6 Å². The van der Waals surface area contributed by atoms with E-state index in [1.807, 2.05) is 87.5 Å². The zero-order valence-corrected chi connectivity index (χ0v) is 27.9. The van der Waals surface area contributed by atoms with Gasteiger partial charge in [0.05, 0.1) is 11.1 Å². The fraction of sp³-hybridized carbons (Fsp3) is 0.206. The number of hydrogen-bond acceptors (Lipinski definition) is 8. The molecule has 0 aliphatic heterocycles. The van der Waals surface area contributed by atoms with E-state index in [-0.39, 0.29) is 11.8 Å². The number of carbonyl (C=O) groups is 2. The first-order chi connectivity index (χ1) is 21.4. The van der Waals surface area contributed by atoms with E-state index in [0.717, 1.165) is 25.3 Å². The van der Waals surface area contributed by atoms with Gasteiger partial charge in [0.2, 0.25) is 0 Å². The third-order valence-corrected chi connectivity index (χ3v) is 7.99. The molecule has 5 rings (SSSR count). The van der Waals surface area contributed by atoms with E-state index >= 15 is 0 Å². The van der Waals surface area contributed by atoms with Crippen molar-refractivity contribution in [2.45, 2.75) is 55.9 Å². The standard InChI is InChI=1S/C34H33BrN6O3S/c1-20(2)27-15-14-26-30(40-27)36-19-37-31(26)41-28-17-21(32(42)38-24-8-6-7-22(35)18-24)9-16-29(28)45-25-12-10-23(11-13-25)39-33(43)44-34(3,4)5/h6-20H,1-5H3,(H,38,42)(H,39,43)(H,36,37,40,41). The minimum Gasteiger partial charge on any atom is -0.444 e. The molecule has 5 aromatic rings. The minimum atomic E-state index is -0.591. The zero-order valence-electron chi connectivity index (χ0n) is 25.5. The number of benzene rings is 3. The maximum Gasteiger partial charge on any atom is 0.412 e. The second-order valence-corrected chi connectivity index (χ2v) is 13.6. The summed E-state index contributed by atoms with van der Waals surface area (Å²) >= 11 is 4.96. The lowest BCUT2D eigenvalue weighted by Gasteiger charge is -2.19. The summed E-state index contributed by atoms with van der Waals surface area (Å²) in [6, 6.07) is 24.3. The van der Waals surface area contributed by atoms with Crippen LogP contribution in [0.25, 0.3) is 11.0 Å². The second kappa shape index (κ2) is 13.7. The Morgan fingerprint density at radius 3 is 2.38 bits per heavy atom. The van der Waals surface area contributed by atoms with Gasteiger partial charge in [-0.05, 0) is 99.5 Å². The van der Waals surface area contributed by atoms with Gasteiger partial charge in [-0.3, -0.25) is 10.1 Å². The van der Waals surface area contributed by atoms with Crippen molar-refractivity contribution in [3.8, 4) is 0 Å². The van der Waals surface area contributed by atoms with E-state index < -0.39 is 11.7 Å². The lowest BCUT2D eigenvalue weighted by molar-refractivity contribution is 0.0635. The normalized spacial score (nSPS) is 11.4. The van der Waals surface area contributed by atoms with Gasteiger partial charge in [-0.2, -0.15) is 0 Å². The van der Waals surface area contributed by atoms with Crippen molar-refractivity contribution in [1.82, 2.24) is 15.0 Å². The summed E-state index contributed by atoms with van der Waals surface area (Å²) in [5.74, 6) is 0.585. The Balaban J connectivity index is 1.44. The molecule has 2 aromatic heterocycles. The Morgan fingerprint density at radius 2 is 1.67 bits per heavy atom. The first kappa shape index (κ1) is 31.9. The van der Waals surface area contributed by atoms with Crippen LogP contribution in [-0.2, 0) is 4.74 Å². The van der Waals surface area contributed by atoms with E-state index in [1.165, 1.54) is 18.1 Å². The highest BCUT2D eigenvalue weighted by molar-refractivity contribution is 9.10. The number of rotatable bonds is 8. The van der Waals surface area contributed by atoms with Crippen molar-refractivity contribution in [3.63, 3.8) is 0 Å². The number of hydrogen-bond donors (Lipinski definition) is 3. The molecule has 45 heavy (non-hydrogen) atoms. The van der Waals surface area contributed by atoms with Gasteiger partial charge < -0.3 is 15.4 Å². The van der Waals surface area contributed by atoms with E-state index in [1.54, 1.807) is 12.1 Å².